The SMILES string of the molecule is COc1ccccc1NC(=O)N1CCN(CCn2c(C)nc3cccnc32)CC1. The Hall–Kier alpha value is -3.13. The highest BCUT2D eigenvalue weighted by Crippen LogP contribution is 2.23. The Labute approximate surface area is 170 Å². The van der Waals surface area contributed by atoms with Gasteiger partial charge in [0, 0.05) is 45.5 Å². The lowest BCUT2D eigenvalue weighted by molar-refractivity contribution is 0.144. The highest BCUT2D eigenvalue weighted by atomic mass is 16.5. The molecule has 3 aromatic rings. The van der Waals surface area contributed by atoms with Crippen LogP contribution >= 0.6 is 0 Å². The lowest BCUT2D eigenvalue weighted by atomic mass is 10.3. The van der Waals surface area contributed by atoms with Gasteiger partial charge in [0.2, 0.25) is 0 Å². The zero-order valence-corrected chi connectivity index (χ0v) is 16.8. The van der Waals surface area contributed by atoms with Crippen LogP contribution in [0.2, 0.25) is 0 Å². The number of amides is 2. The summed E-state index contributed by atoms with van der Waals surface area (Å²) in [5.74, 6) is 1.64. The van der Waals surface area contributed by atoms with E-state index in [1.54, 1.807) is 13.3 Å². The van der Waals surface area contributed by atoms with Crippen molar-refractivity contribution >= 4 is 22.9 Å². The van der Waals surface area contributed by atoms with Gasteiger partial charge < -0.3 is 19.5 Å². The molecule has 3 heterocycles. The zero-order valence-electron chi connectivity index (χ0n) is 16.8. The largest absolute Gasteiger partial charge is 0.495 e. The van der Waals surface area contributed by atoms with Crippen LogP contribution in [0.15, 0.2) is 42.6 Å². The van der Waals surface area contributed by atoms with Crippen molar-refractivity contribution in [2.24, 2.45) is 0 Å². The van der Waals surface area contributed by atoms with E-state index in [-0.39, 0.29) is 6.03 Å². The molecule has 8 heteroatoms. The quantitative estimate of drug-likeness (QED) is 0.720. The number of methoxy groups -OCH3 is 1. The second kappa shape index (κ2) is 8.48. The average molecular weight is 394 g/mol. The summed E-state index contributed by atoms with van der Waals surface area (Å²) in [5.41, 5.74) is 2.56. The number of carbonyl (C=O) groups excluding carboxylic acids is 1. The smallest absolute Gasteiger partial charge is 0.322 e. The van der Waals surface area contributed by atoms with Crippen LogP contribution in [0.25, 0.3) is 11.2 Å². The molecule has 1 aliphatic heterocycles. The fraction of sp³-hybridized carbons (Fsp3) is 0.381. The Morgan fingerprint density at radius 2 is 1.90 bits per heavy atom. The number of nitrogens with one attached hydrogen (secondary N) is 1. The molecular weight excluding hydrogens is 368 g/mol. The normalized spacial score (nSPS) is 14.9. The Morgan fingerprint density at radius 3 is 2.69 bits per heavy atom. The molecule has 0 spiro atoms. The van der Waals surface area contributed by atoms with Gasteiger partial charge >= 0.3 is 6.03 Å². The second-order valence-corrected chi connectivity index (χ2v) is 7.12. The van der Waals surface area contributed by atoms with Gasteiger partial charge in [0.1, 0.15) is 17.1 Å². The molecule has 0 bridgehead atoms. The standard InChI is InChI=1S/C21H26N6O2/c1-16-23-18-7-5-9-22-20(18)27(16)15-12-25-10-13-26(14-11-25)21(28)24-17-6-3-4-8-19(17)29-2/h3-9H,10-15H2,1-2H3,(H,24,28). The maximum absolute atomic E-state index is 12.6. The summed E-state index contributed by atoms with van der Waals surface area (Å²) < 4.78 is 7.47. The number of nitrogens with zero attached hydrogens (tertiary/aromatic N) is 5. The van der Waals surface area contributed by atoms with Crippen molar-refractivity contribution in [2.75, 3.05) is 45.2 Å². The number of piperazine rings is 1. The molecule has 0 saturated carbocycles. The van der Waals surface area contributed by atoms with Crippen molar-refractivity contribution in [3.05, 3.63) is 48.4 Å². The highest BCUT2D eigenvalue weighted by molar-refractivity contribution is 5.91. The van der Waals surface area contributed by atoms with Crippen LogP contribution in [-0.4, -0.2) is 70.2 Å². The summed E-state index contributed by atoms with van der Waals surface area (Å²) in [6, 6.07) is 11.3. The minimum atomic E-state index is -0.0881. The summed E-state index contributed by atoms with van der Waals surface area (Å²) in [6.07, 6.45) is 1.80. The molecule has 1 aliphatic rings. The number of urea groups is 1. The molecule has 0 aliphatic carbocycles. The van der Waals surface area contributed by atoms with Gasteiger partial charge in [0.05, 0.1) is 12.8 Å². The minimum Gasteiger partial charge on any atom is -0.495 e. The lowest BCUT2D eigenvalue weighted by Gasteiger charge is -2.34. The molecule has 4 rings (SSSR count). The maximum Gasteiger partial charge on any atom is 0.322 e. The van der Waals surface area contributed by atoms with E-state index >= 15 is 0 Å². The van der Waals surface area contributed by atoms with E-state index in [0.717, 1.165) is 43.2 Å². The fourth-order valence-corrected chi connectivity index (χ4v) is 3.70. The van der Waals surface area contributed by atoms with Gasteiger partial charge in [0.15, 0.2) is 5.65 Å². The number of ether oxygens (including phenoxy) is 1. The number of para-hydroxylation sites is 2. The molecule has 29 heavy (non-hydrogen) atoms. The number of aryl methyl sites for hydroxylation is 1. The molecule has 2 amide bonds. The summed E-state index contributed by atoms with van der Waals surface area (Å²) >= 11 is 0. The number of aromatic nitrogens is 3. The maximum atomic E-state index is 12.6. The first-order valence-corrected chi connectivity index (χ1v) is 9.85. The third kappa shape index (κ3) is 4.17. The number of rotatable bonds is 5. The molecule has 8 nitrogen and oxygen atoms in total. The van der Waals surface area contributed by atoms with Gasteiger partial charge in [-0.25, -0.2) is 14.8 Å². The molecule has 1 saturated heterocycles. The van der Waals surface area contributed by atoms with Crippen molar-refractivity contribution < 1.29 is 9.53 Å². The van der Waals surface area contributed by atoms with E-state index < -0.39 is 0 Å². The molecule has 2 aromatic heterocycles. The number of pyridine rings is 1. The van der Waals surface area contributed by atoms with Crippen LogP contribution < -0.4 is 10.1 Å². The van der Waals surface area contributed by atoms with Crippen molar-refractivity contribution in [1.82, 2.24) is 24.3 Å². The molecule has 1 fully saturated rings. The van der Waals surface area contributed by atoms with Crippen molar-refractivity contribution in [2.45, 2.75) is 13.5 Å². The zero-order chi connectivity index (χ0) is 20.2. The molecule has 1 aromatic carbocycles. The van der Waals surface area contributed by atoms with Crippen molar-refractivity contribution in [1.29, 1.82) is 0 Å². The van der Waals surface area contributed by atoms with Gasteiger partial charge in [-0.1, -0.05) is 12.1 Å². The van der Waals surface area contributed by atoms with Crippen molar-refractivity contribution in [3.63, 3.8) is 0 Å². The summed E-state index contributed by atoms with van der Waals surface area (Å²) in [4.78, 5) is 25.9. The topological polar surface area (TPSA) is 75.5 Å². The minimum absolute atomic E-state index is 0.0881. The fourth-order valence-electron chi connectivity index (χ4n) is 3.70. The van der Waals surface area contributed by atoms with Crippen molar-refractivity contribution in [3.8, 4) is 5.75 Å². The van der Waals surface area contributed by atoms with Gasteiger partial charge in [0.25, 0.3) is 0 Å². The Morgan fingerprint density at radius 1 is 1.10 bits per heavy atom. The summed E-state index contributed by atoms with van der Waals surface area (Å²) in [7, 11) is 1.60. The number of imidazole rings is 1. The lowest BCUT2D eigenvalue weighted by Crippen LogP contribution is -2.50. The summed E-state index contributed by atoms with van der Waals surface area (Å²) in [5, 5.41) is 2.95. The predicted octanol–water partition coefficient (Wildman–Crippen LogP) is 2.60. The van der Waals surface area contributed by atoms with E-state index in [2.05, 4.69) is 24.8 Å². The Balaban J connectivity index is 1.30. The number of fused-ring (bicyclic) bond motifs is 1. The first-order chi connectivity index (χ1) is 14.2. The number of anilines is 1. The Bertz CT molecular complexity index is 994. The van der Waals surface area contributed by atoms with E-state index in [4.69, 9.17) is 4.74 Å². The number of hydrogen-bond donors (Lipinski definition) is 1. The van der Waals surface area contributed by atoms with Gasteiger partial charge in [-0.2, -0.15) is 0 Å². The number of carbonyl (C=O) groups is 1. The van der Waals surface area contributed by atoms with Crippen LogP contribution in [0.5, 0.6) is 5.75 Å². The Kier molecular flexibility index (Phi) is 5.62. The summed E-state index contributed by atoms with van der Waals surface area (Å²) in [6.45, 7) is 6.85. The van der Waals surface area contributed by atoms with Crippen LogP contribution in [0, 0.1) is 6.92 Å². The van der Waals surface area contributed by atoms with Crippen LogP contribution in [0.4, 0.5) is 10.5 Å². The van der Waals surface area contributed by atoms with Gasteiger partial charge in [-0.3, -0.25) is 4.90 Å². The van der Waals surface area contributed by atoms with Crippen LogP contribution in [-0.2, 0) is 6.54 Å². The van der Waals surface area contributed by atoms with E-state index in [1.165, 1.54) is 0 Å². The molecular formula is C21H26N6O2. The van der Waals surface area contributed by atoms with Crippen LogP contribution in [0.1, 0.15) is 5.82 Å². The number of hydrogen-bond acceptors (Lipinski definition) is 5. The van der Waals surface area contributed by atoms with E-state index in [1.807, 2.05) is 48.2 Å². The predicted molar refractivity (Wildman–Crippen MR) is 112 cm³/mol. The third-order valence-electron chi connectivity index (χ3n) is 5.34. The first kappa shape index (κ1) is 19.2. The molecule has 0 radical (unpaired) electrons. The molecule has 0 atom stereocenters. The highest BCUT2D eigenvalue weighted by Gasteiger charge is 2.22. The molecule has 152 valence electrons. The number of benzene rings is 1. The van der Waals surface area contributed by atoms with Gasteiger partial charge in [-0.05, 0) is 31.2 Å². The first-order valence-electron chi connectivity index (χ1n) is 9.85. The second-order valence-electron chi connectivity index (χ2n) is 7.12. The monoisotopic (exact) mass is 394 g/mol. The van der Waals surface area contributed by atoms with E-state index in [9.17, 15) is 4.79 Å². The average Bonchev–Trinajstić information content (AvgIpc) is 3.08. The molecule has 1 N–H and O–H groups in total. The molecule has 0 unspecified atom stereocenters. The van der Waals surface area contributed by atoms with E-state index in [0.29, 0.717) is 24.5 Å². The van der Waals surface area contributed by atoms with Gasteiger partial charge in [-0.15, -0.1) is 0 Å². The third-order valence-corrected chi connectivity index (χ3v) is 5.34. The van der Waals surface area contributed by atoms with Crippen LogP contribution in [0.3, 0.4) is 0 Å².